The Balaban J connectivity index is 1.88. The molecule has 1 atom stereocenters. The number of aliphatic carboxylic acids is 1. The Morgan fingerprint density at radius 1 is 1.12 bits per heavy atom. The minimum absolute atomic E-state index is 0.00958. The summed E-state index contributed by atoms with van der Waals surface area (Å²) in [6, 6.07) is 2.99. The first-order valence-corrected chi connectivity index (χ1v) is 10.8. The first-order chi connectivity index (χ1) is 15.4. The number of fused-ring (bicyclic) bond motifs is 1. The van der Waals surface area contributed by atoms with E-state index >= 15 is 0 Å². The lowest BCUT2D eigenvalue weighted by Crippen LogP contribution is -2.37. The maximum atomic E-state index is 14.3. The third-order valence-corrected chi connectivity index (χ3v) is 5.95. The standard InChI is InChI=1S/C22H22F2N2O6S/c1-22(2,3)32-21(31)25-9-15(27)26-19-16(11-7-10(20(29)30)8-14(11)33-19)18(28)17-12(23)5-4-6-13(17)24/h4-6,10H,7-9H2,1-3H3,(H,25,31)(H,26,27)(H,29,30). The molecule has 8 nitrogen and oxygen atoms in total. The Hall–Kier alpha value is -3.34. The molecule has 2 amide bonds. The number of ether oxygens (including phenoxy) is 1. The molecular formula is C22H22F2N2O6S. The molecule has 1 aromatic carbocycles. The quantitative estimate of drug-likeness (QED) is 0.544. The zero-order valence-electron chi connectivity index (χ0n) is 18.1. The lowest BCUT2D eigenvalue weighted by molar-refractivity contribution is -0.141. The highest BCUT2D eigenvalue weighted by Crippen LogP contribution is 2.42. The minimum Gasteiger partial charge on any atom is -0.481 e. The minimum atomic E-state index is -1.07. The van der Waals surface area contributed by atoms with Crippen LogP contribution in [0.1, 0.15) is 47.1 Å². The van der Waals surface area contributed by atoms with Crippen molar-refractivity contribution in [3.05, 3.63) is 51.4 Å². The molecule has 3 N–H and O–H groups in total. The number of carbonyl (C=O) groups is 4. The normalized spacial score (nSPS) is 15.0. The third-order valence-electron chi connectivity index (χ3n) is 4.78. The number of hydrogen-bond donors (Lipinski definition) is 3. The van der Waals surface area contributed by atoms with Gasteiger partial charge in [-0.3, -0.25) is 14.4 Å². The summed E-state index contributed by atoms with van der Waals surface area (Å²) in [6.07, 6.45) is -0.702. The molecule has 0 bridgehead atoms. The van der Waals surface area contributed by atoms with Crippen LogP contribution in [0, 0.1) is 17.6 Å². The van der Waals surface area contributed by atoms with Crippen molar-refractivity contribution in [2.24, 2.45) is 5.92 Å². The van der Waals surface area contributed by atoms with E-state index in [0.717, 1.165) is 29.5 Å². The van der Waals surface area contributed by atoms with Crippen LogP contribution in [0.2, 0.25) is 0 Å². The van der Waals surface area contributed by atoms with Gasteiger partial charge in [0.1, 0.15) is 28.8 Å². The monoisotopic (exact) mass is 480 g/mol. The maximum absolute atomic E-state index is 14.3. The van der Waals surface area contributed by atoms with Gasteiger partial charge in [-0.15, -0.1) is 11.3 Å². The summed E-state index contributed by atoms with van der Waals surface area (Å²) in [6.45, 7) is 4.49. The van der Waals surface area contributed by atoms with E-state index in [4.69, 9.17) is 4.74 Å². The summed E-state index contributed by atoms with van der Waals surface area (Å²) in [5, 5.41) is 14.1. The molecule has 0 radical (unpaired) electrons. The third kappa shape index (κ3) is 5.54. The van der Waals surface area contributed by atoms with Crippen molar-refractivity contribution >= 4 is 40.1 Å². The fourth-order valence-corrected chi connectivity index (χ4v) is 4.74. The van der Waals surface area contributed by atoms with Crippen molar-refractivity contribution in [1.82, 2.24) is 5.32 Å². The topological polar surface area (TPSA) is 122 Å². The zero-order valence-corrected chi connectivity index (χ0v) is 18.9. The van der Waals surface area contributed by atoms with Gasteiger partial charge in [-0.2, -0.15) is 0 Å². The summed E-state index contributed by atoms with van der Waals surface area (Å²) >= 11 is 0.972. The van der Waals surface area contributed by atoms with Crippen molar-refractivity contribution in [2.75, 3.05) is 11.9 Å². The second kappa shape index (κ2) is 9.26. The fraction of sp³-hybridized carbons (Fsp3) is 0.364. The van der Waals surface area contributed by atoms with E-state index in [1.165, 1.54) is 0 Å². The molecule has 0 saturated heterocycles. The number of alkyl carbamates (subject to hydrolysis) is 1. The van der Waals surface area contributed by atoms with Crippen molar-refractivity contribution in [3.63, 3.8) is 0 Å². The largest absolute Gasteiger partial charge is 0.481 e. The van der Waals surface area contributed by atoms with Crippen LogP contribution in [-0.4, -0.2) is 41.0 Å². The van der Waals surface area contributed by atoms with Crippen LogP contribution in [0.25, 0.3) is 0 Å². The Labute approximate surface area is 191 Å². The van der Waals surface area contributed by atoms with Gasteiger partial charge in [-0.05, 0) is 51.3 Å². The van der Waals surface area contributed by atoms with Crippen molar-refractivity contribution < 1.29 is 37.8 Å². The molecule has 176 valence electrons. The summed E-state index contributed by atoms with van der Waals surface area (Å²) < 4.78 is 33.6. The van der Waals surface area contributed by atoms with Crippen molar-refractivity contribution in [3.8, 4) is 0 Å². The first kappa shape index (κ1) is 24.3. The van der Waals surface area contributed by atoms with E-state index in [-0.39, 0.29) is 23.4 Å². The van der Waals surface area contributed by atoms with Crippen LogP contribution in [0.5, 0.6) is 0 Å². The summed E-state index contributed by atoms with van der Waals surface area (Å²) in [4.78, 5) is 49.3. The van der Waals surface area contributed by atoms with E-state index < -0.39 is 59.0 Å². The average molecular weight is 480 g/mol. The first-order valence-electron chi connectivity index (χ1n) is 10.00. The van der Waals surface area contributed by atoms with Crippen LogP contribution in [0.3, 0.4) is 0 Å². The Morgan fingerprint density at radius 2 is 1.76 bits per heavy atom. The second-order valence-corrected chi connectivity index (χ2v) is 9.59. The smallest absolute Gasteiger partial charge is 0.408 e. The number of rotatable bonds is 6. The molecule has 0 spiro atoms. The number of carboxylic acid groups (broad SMARTS) is 1. The molecule has 33 heavy (non-hydrogen) atoms. The van der Waals surface area contributed by atoms with E-state index in [0.29, 0.717) is 10.4 Å². The maximum Gasteiger partial charge on any atom is 0.408 e. The van der Waals surface area contributed by atoms with E-state index in [1.807, 2.05) is 0 Å². The SMILES string of the molecule is CC(C)(C)OC(=O)NCC(=O)Nc1sc2c(c1C(=O)c1c(F)cccc1F)CC(C(=O)O)C2. The van der Waals surface area contributed by atoms with Gasteiger partial charge in [-0.25, -0.2) is 13.6 Å². The summed E-state index contributed by atoms with van der Waals surface area (Å²) in [5.41, 5.74) is -1.36. The van der Waals surface area contributed by atoms with Gasteiger partial charge in [0, 0.05) is 4.88 Å². The molecule has 0 saturated carbocycles. The molecule has 3 rings (SSSR count). The Bertz CT molecular complexity index is 1120. The highest BCUT2D eigenvalue weighted by Gasteiger charge is 2.36. The summed E-state index contributed by atoms with van der Waals surface area (Å²) in [7, 11) is 0. The molecule has 2 aromatic rings. The van der Waals surface area contributed by atoms with Crippen LogP contribution in [0.4, 0.5) is 18.6 Å². The predicted octanol–water partition coefficient (Wildman–Crippen LogP) is 3.52. The highest BCUT2D eigenvalue weighted by atomic mass is 32.1. The second-order valence-electron chi connectivity index (χ2n) is 8.48. The molecule has 1 aliphatic rings. The van der Waals surface area contributed by atoms with Gasteiger partial charge in [0.05, 0.1) is 17.0 Å². The number of ketones is 1. The molecular weight excluding hydrogens is 458 g/mol. The van der Waals surface area contributed by atoms with Gasteiger partial charge in [0.2, 0.25) is 11.7 Å². The van der Waals surface area contributed by atoms with E-state index in [2.05, 4.69) is 10.6 Å². The fourth-order valence-electron chi connectivity index (χ4n) is 3.42. The number of halogens is 2. The van der Waals surface area contributed by atoms with E-state index in [1.54, 1.807) is 20.8 Å². The van der Waals surface area contributed by atoms with Crippen molar-refractivity contribution in [2.45, 2.75) is 39.2 Å². The average Bonchev–Trinajstić information content (AvgIpc) is 3.22. The molecule has 1 unspecified atom stereocenters. The Kier molecular flexibility index (Phi) is 6.82. The molecule has 11 heteroatoms. The molecule has 1 aliphatic carbocycles. The Morgan fingerprint density at radius 3 is 2.33 bits per heavy atom. The van der Waals surface area contributed by atoms with Gasteiger partial charge >= 0.3 is 12.1 Å². The number of anilines is 1. The molecule has 0 fully saturated rings. The number of carbonyl (C=O) groups excluding carboxylic acids is 3. The van der Waals surface area contributed by atoms with Crippen LogP contribution >= 0.6 is 11.3 Å². The lowest BCUT2D eigenvalue weighted by atomic mass is 9.98. The molecule has 1 heterocycles. The summed E-state index contributed by atoms with van der Waals surface area (Å²) in [5.74, 6) is -5.67. The van der Waals surface area contributed by atoms with Crippen molar-refractivity contribution in [1.29, 1.82) is 0 Å². The lowest BCUT2D eigenvalue weighted by Gasteiger charge is -2.19. The highest BCUT2D eigenvalue weighted by molar-refractivity contribution is 7.17. The van der Waals surface area contributed by atoms with Crippen LogP contribution in [0.15, 0.2) is 18.2 Å². The number of thiophene rings is 1. The number of hydrogen-bond acceptors (Lipinski definition) is 6. The van der Waals surface area contributed by atoms with Crippen LogP contribution in [-0.2, 0) is 27.2 Å². The van der Waals surface area contributed by atoms with E-state index in [9.17, 15) is 33.1 Å². The number of amides is 2. The van der Waals surface area contributed by atoms with Gasteiger partial charge < -0.3 is 20.5 Å². The predicted molar refractivity (Wildman–Crippen MR) is 116 cm³/mol. The number of carboxylic acids is 1. The molecule has 0 aliphatic heterocycles. The van der Waals surface area contributed by atoms with Gasteiger partial charge in [0.15, 0.2) is 0 Å². The van der Waals surface area contributed by atoms with Crippen LogP contribution < -0.4 is 10.6 Å². The number of benzene rings is 1. The van der Waals surface area contributed by atoms with Gasteiger partial charge in [-0.1, -0.05) is 6.07 Å². The molecule has 1 aromatic heterocycles. The number of nitrogens with one attached hydrogen (secondary N) is 2. The zero-order chi connectivity index (χ0) is 24.5. The van der Waals surface area contributed by atoms with Gasteiger partial charge in [0.25, 0.3) is 0 Å².